The molecule has 0 amide bonds. The number of ether oxygens (including phenoxy) is 1. The van der Waals surface area contributed by atoms with E-state index in [2.05, 4.69) is 9.97 Å². The Morgan fingerprint density at radius 1 is 1.32 bits per heavy atom. The molecule has 6 nitrogen and oxygen atoms in total. The van der Waals surface area contributed by atoms with Gasteiger partial charge in [0.05, 0.1) is 18.7 Å². The van der Waals surface area contributed by atoms with Gasteiger partial charge in [-0.2, -0.15) is 0 Å². The summed E-state index contributed by atoms with van der Waals surface area (Å²) in [7, 11) is 1.65. The summed E-state index contributed by atoms with van der Waals surface area (Å²) in [5.41, 5.74) is 7.22. The van der Waals surface area contributed by atoms with Gasteiger partial charge in [0, 0.05) is 31.3 Å². The molecular weight excluding hydrogens is 244 g/mol. The van der Waals surface area contributed by atoms with Crippen LogP contribution in [0.25, 0.3) is 10.9 Å². The number of fused-ring (bicyclic) bond motifs is 1. The van der Waals surface area contributed by atoms with Gasteiger partial charge >= 0.3 is 0 Å². The number of hydrogen-bond acceptors (Lipinski definition) is 6. The van der Waals surface area contributed by atoms with Crippen LogP contribution in [0.1, 0.15) is 0 Å². The van der Waals surface area contributed by atoms with Crippen LogP contribution in [0, 0.1) is 0 Å². The number of benzene rings is 1. The van der Waals surface area contributed by atoms with Crippen molar-refractivity contribution in [2.45, 2.75) is 0 Å². The summed E-state index contributed by atoms with van der Waals surface area (Å²) in [6, 6.07) is 5.54. The molecule has 1 aromatic heterocycles. The highest BCUT2D eigenvalue weighted by Crippen LogP contribution is 2.24. The quantitative estimate of drug-likeness (QED) is 0.744. The molecule has 0 bridgehead atoms. The number of rotatable bonds is 6. The van der Waals surface area contributed by atoms with Crippen LogP contribution in [0.3, 0.4) is 0 Å². The molecule has 1 aromatic carbocycles. The Morgan fingerprint density at radius 2 is 2.16 bits per heavy atom. The van der Waals surface area contributed by atoms with E-state index in [0.717, 1.165) is 16.7 Å². The molecule has 0 saturated carbocycles. The summed E-state index contributed by atoms with van der Waals surface area (Å²) in [5, 5.41) is 10.1. The maximum Gasteiger partial charge on any atom is 0.140 e. The lowest BCUT2D eigenvalue weighted by Gasteiger charge is -2.23. The average molecular weight is 262 g/mol. The first-order valence-corrected chi connectivity index (χ1v) is 6.11. The number of aromatic nitrogens is 2. The summed E-state index contributed by atoms with van der Waals surface area (Å²) in [4.78, 5) is 10.5. The number of hydrogen-bond donors (Lipinski definition) is 2. The van der Waals surface area contributed by atoms with E-state index in [1.807, 2.05) is 23.1 Å². The largest absolute Gasteiger partial charge is 0.399 e. The van der Waals surface area contributed by atoms with Gasteiger partial charge in [0.1, 0.15) is 12.1 Å². The lowest BCUT2D eigenvalue weighted by Crippen LogP contribution is -2.31. The van der Waals surface area contributed by atoms with E-state index in [-0.39, 0.29) is 6.61 Å². The van der Waals surface area contributed by atoms with E-state index in [1.165, 1.54) is 6.33 Å². The minimum Gasteiger partial charge on any atom is -0.399 e. The SMILES string of the molecule is COCCN(CCO)c1ncnc2cc(N)ccc12. The molecule has 0 saturated heterocycles. The zero-order chi connectivity index (χ0) is 13.7. The topological polar surface area (TPSA) is 84.5 Å². The molecule has 19 heavy (non-hydrogen) atoms. The molecule has 0 fully saturated rings. The number of nitrogens with two attached hydrogens (primary N) is 1. The van der Waals surface area contributed by atoms with Crippen LogP contribution < -0.4 is 10.6 Å². The molecular formula is C13H18N4O2. The fourth-order valence-corrected chi connectivity index (χ4v) is 1.96. The van der Waals surface area contributed by atoms with Gasteiger partial charge in [-0.3, -0.25) is 0 Å². The number of nitrogen functional groups attached to an aromatic ring is 1. The maximum atomic E-state index is 9.17. The first kappa shape index (κ1) is 13.5. The second-order valence-corrected chi connectivity index (χ2v) is 4.18. The van der Waals surface area contributed by atoms with Crippen molar-refractivity contribution < 1.29 is 9.84 Å². The number of aliphatic hydroxyl groups excluding tert-OH is 1. The molecule has 0 aliphatic rings. The van der Waals surface area contributed by atoms with Crippen LogP contribution in [0.4, 0.5) is 11.5 Å². The van der Waals surface area contributed by atoms with Crippen LogP contribution in [-0.2, 0) is 4.74 Å². The molecule has 0 unspecified atom stereocenters. The van der Waals surface area contributed by atoms with E-state index in [1.54, 1.807) is 7.11 Å². The number of anilines is 2. The van der Waals surface area contributed by atoms with Crippen molar-refractivity contribution in [3.8, 4) is 0 Å². The molecule has 3 N–H and O–H groups in total. The molecule has 0 aliphatic heterocycles. The average Bonchev–Trinajstić information content (AvgIpc) is 2.42. The molecule has 0 spiro atoms. The lowest BCUT2D eigenvalue weighted by atomic mass is 10.2. The molecule has 6 heteroatoms. The van der Waals surface area contributed by atoms with Crippen LogP contribution in [0.5, 0.6) is 0 Å². The van der Waals surface area contributed by atoms with Crippen LogP contribution in [0.15, 0.2) is 24.5 Å². The second-order valence-electron chi connectivity index (χ2n) is 4.18. The van der Waals surface area contributed by atoms with Gasteiger partial charge < -0.3 is 20.5 Å². The zero-order valence-electron chi connectivity index (χ0n) is 10.9. The molecule has 1 heterocycles. The summed E-state index contributed by atoms with van der Waals surface area (Å²) in [5.74, 6) is 0.788. The minimum absolute atomic E-state index is 0.0597. The molecule has 2 aromatic rings. The van der Waals surface area contributed by atoms with Gasteiger partial charge in [0.25, 0.3) is 0 Å². The predicted octanol–water partition coefficient (Wildman–Crippen LogP) is 0.657. The van der Waals surface area contributed by atoms with Crippen LogP contribution >= 0.6 is 0 Å². The Balaban J connectivity index is 2.40. The zero-order valence-corrected chi connectivity index (χ0v) is 10.9. The van der Waals surface area contributed by atoms with Gasteiger partial charge in [0.15, 0.2) is 0 Å². The van der Waals surface area contributed by atoms with E-state index in [9.17, 15) is 0 Å². The van der Waals surface area contributed by atoms with Crippen molar-refractivity contribution in [1.29, 1.82) is 0 Å². The predicted molar refractivity (Wildman–Crippen MR) is 75.1 cm³/mol. The van der Waals surface area contributed by atoms with E-state index in [0.29, 0.717) is 25.4 Å². The van der Waals surface area contributed by atoms with Crippen LogP contribution in [0.2, 0.25) is 0 Å². The number of methoxy groups -OCH3 is 1. The minimum atomic E-state index is 0.0597. The monoisotopic (exact) mass is 262 g/mol. The number of aliphatic hydroxyl groups is 1. The lowest BCUT2D eigenvalue weighted by molar-refractivity contribution is 0.202. The first-order chi connectivity index (χ1) is 9.26. The van der Waals surface area contributed by atoms with Gasteiger partial charge in [-0.25, -0.2) is 9.97 Å². The summed E-state index contributed by atoms with van der Waals surface area (Å²) in [6.07, 6.45) is 1.51. The van der Waals surface area contributed by atoms with Gasteiger partial charge in [-0.05, 0) is 18.2 Å². The maximum absolute atomic E-state index is 9.17. The summed E-state index contributed by atoms with van der Waals surface area (Å²) in [6.45, 7) is 1.79. The third-order valence-electron chi connectivity index (χ3n) is 2.87. The Hall–Kier alpha value is -1.92. The Labute approximate surface area is 111 Å². The van der Waals surface area contributed by atoms with Crippen LogP contribution in [-0.4, -0.2) is 48.5 Å². The van der Waals surface area contributed by atoms with E-state index >= 15 is 0 Å². The summed E-state index contributed by atoms with van der Waals surface area (Å²) < 4.78 is 5.08. The smallest absolute Gasteiger partial charge is 0.140 e. The third-order valence-corrected chi connectivity index (χ3v) is 2.87. The Morgan fingerprint density at radius 3 is 2.89 bits per heavy atom. The third kappa shape index (κ3) is 3.10. The fraction of sp³-hybridized carbons (Fsp3) is 0.385. The van der Waals surface area contributed by atoms with E-state index in [4.69, 9.17) is 15.6 Å². The molecule has 0 atom stereocenters. The van der Waals surface area contributed by atoms with Crippen molar-refractivity contribution in [3.05, 3.63) is 24.5 Å². The molecule has 0 radical (unpaired) electrons. The van der Waals surface area contributed by atoms with Gasteiger partial charge in [-0.15, -0.1) is 0 Å². The summed E-state index contributed by atoms with van der Waals surface area (Å²) >= 11 is 0. The van der Waals surface area contributed by atoms with Crippen molar-refractivity contribution in [2.75, 3.05) is 44.0 Å². The van der Waals surface area contributed by atoms with Crippen molar-refractivity contribution in [1.82, 2.24) is 9.97 Å². The molecule has 2 rings (SSSR count). The highest BCUT2D eigenvalue weighted by molar-refractivity contribution is 5.91. The first-order valence-electron chi connectivity index (χ1n) is 6.11. The fourth-order valence-electron chi connectivity index (χ4n) is 1.96. The normalized spacial score (nSPS) is 10.8. The van der Waals surface area contributed by atoms with Gasteiger partial charge in [-0.1, -0.05) is 0 Å². The second kappa shape index (κ2) is 6.31. The molecule has 102 valence electrons. The van der Waals surface area contributed by atoms with Crippen molar-refractivity contribution in [2.24, 2.45) is 0 Å². The Bertz CT molecular complexity index is 547. The van der Waals surface area contributed by atoms with E-state index < -0.39 is 0 Å². The number of nitrogens with zero attached hydrogens (tertiary/aromatic N) is 3. The highest BCUT2D eigenvalue weighted by Gasteiger charge is 2.11. The highest BCUT2D eigenvalue weighted by atomic mass is 16.5. The van der Waals surface area contributed by atoms with Crippen molar-refractivity contribution in [3.63, 3.8) is 0 Å². The van der Waals surface area contributed by atoms with Gasteiger partial charge in [0.2, 0.25) is 0 Å². The van der Waals surface area contributed by atoms with Crippen molar-refractivity contribution >= 4 is 22.4 Å². The Kier molecular flexibility index (Phi) is 4.48. The molecule has 0 aliphatic carbocycles. The standard InChI is InChI=1S/C13H18N4O2/c1-19-7-5-17(4-6-18)13-11-3-2-10(14)8-12(11)15-9-16-13/h2-3,8-9,18H,4-7,14H2,1H3.